The number of benzene rings is 2. The van der Waals surface area contributed by atoms with Gasteiger partial charge < -0.3 is 0 Å². The van der Waals surface area contributed by atoms with Crippen LogP contribution in [0.15, 0.2) is 48.7 Å². The summed E-state index contributed by atoms with van der Waals surface area (Å²) in [6, 6.07) is 15.2. The molecule has 1 heterocycles. The quantitative estimate of drug-likeness (QED) is 0.263. The third-order valence-electron chi connectivity index (χ3n) is 6.29. The molecule has 0 saturated heterocycles. The van der Waals surface area contributed by atoms with Crippen LogP contribution in [0.25, 0.3) is 22.4 Å². The van der Waals surface area contributed by atoms with Crippen molar-refractivity contribution in [2.75, 3.05) is 0 Å². The first-order valence-corrected chi connectivity index (χ1v) is 19.3. The highest BCUT2D eigenvalue weighted by Gasteiger charge is 2.26. The maximum Gasteiger partial charge on any atom is 0.212 e. The highest BCUT2D eigenvalue weighted by Crippen LogP contribution is 2.30. The van der Waals surface area contributed by atoms with Crippen LogP contribution in [-0.4, -0.2) is 16.1 Å². The van der Waals surface area contributed by atoms with Crippen molar-refractivity contribution in [2.45, 2.75) is 80.2 Å². The zero-order chi connectivity index (χ0) is 29.9. The zero-order valence-corrected chi connectivity index (χ0v) is 25.1. The van der Waals surface area contributed by atoms with E-state index in [1.54, 1.807) is 12.3 Å². The lowest BCUT2D eigenvalue weighted by Crippen LogP contribution is -2.40. The summed E-state index contributed by atoms with van der Waals surface area (Å²) in [6.07, 6.45) is -0.135. The largest absolute Gasteiger partial charge is 0.212 e. The second kappa shape index (κ2) is 9.24. The number of hydrogen-bond acceptors (Lipinski definition) is 0. The summed E-state index contributed by atoms with van der Waals surface area (Å²) < 4.78 is 44.6. The van der Waals surface area contributed by atoms with E-state index in [-0.39, 0.29) is 11.1 Å². The molecule has 0 unspecified atom stereocenters. The third kappa shape index (κ3) is 5.98. The Morgan fingerprint density at radius 3 is 1.97 bits per heavy atom. The van der Waals surface area contributed by atoms with E-state index in [1.807, 2.05) is 32.4 Å². The topological polar surface area (TPSA) is 3.88 Å². The molecule has 3 rings (SSSR count). The lowest BCUT2D eigenvalue weighted by Gasteiger charge is -2.24. The number of nitrogens with zero attached hydrogens (tertiary/aromatic N) is 1. The molecule has 0 aliphatic rings. The van der Waals surface area contributed by atoms with Crippen molar-refractivity contribution in [1.29, 1.82) is 0 Å². The van der Waals surface area contributed by atoms with E-state index in [1.165, 1.54) is 21.5 Å². The Kier molecular flexibility index (Phi) is 5.50. The van der Waals surface area contributed by atoms with E-state index in [9.17, 15) is 0 Å². The SMILES string of the molecule is [2H]C([2H])([2H])c1cc(-c2cc(-c3ccc([Si](C)(C)C)cc3)c([Si](C)(C)C)cc2C)[n+](C)cc1C([2H])([2H])C(C)(C)C. The Morgan fingerprint density at radius 2 is 1.47 bits per heavy atom. The van der Waals surface area contributed by atoms with Crippen LogP contribution in [0.1, 0.15) is 44.3 Å². The first-order valence-electron chi connectivity index (χ1n) is 14.8. The van der Waals surface area contributed by atoms with E-state index in [0.29, 0.717) is 0 Å². The first kappa shape index (κ1) is 20.2. The fourth-order valence-electron chi connectivity index (χ4n) is 4.41. The van der Waals surface area contributed by atoms with Crippen LogP contribution < -0.4 is 14.9 Å². The van der Waals surface area contributed by atoms with E-state index < -0.39 is 34.8 Å². The minimum atomic E-state index is -2.45. The highest BCUT2D eigenvalue weighted by atomic mass is 28.3. The summed E-state index contributed by atoms with van der Waals surface area (Å²) >= 11 is 0. The predicted octanol–water partition coefficient (Wildman–Crippen LogP) is 7.14. The van der Waals surface area contributed by atoms with E-state index in [0.717, 1.165) is 16.8 Å². The second-order valence-electron chi connectivity index (χ2n) is 12.8. The van der Waals surface area contributed by atoms with Gasteiger partial charge >= 0.3 is 0 Å². The van der Waals surface area contributed by atoms with Crippen molar-refractivity contribution in [3.63, 3.8) is 0 Å². The molecule has 182 valence electrons. The third-order valence-corrected chi connectivity index (χ3v) is 10.4. The molecule has 0 atom stereocenters. The summed E-state index contributed by atoms with van der Waals surface area (Å²) in [7, 11) is -1.25. The van der Waals surface area contributed by atoms with Crippen molar-refractivity contribution < 1.29 is 11.4 Å². The van der Waals surface area contributed by atoms with Gasteiger partial charge in [-0.05, 0) is 53.9 Å². The normalized spacial score (nSPS) is 15.8. The molecule has 0 fully saturated rings. The first-order chi connectivity index (χ1) is 17.5. The van der Waals surface area contributed by atoms with Gasteiger partial charge in [0.1, 0.15) is 7.05 Å². The van der Waals surface area contributed by atoms with E-state index >= 15 is 0 Å². The Hall–Kier alpha value is -1.98. The molecule has 1 aromatic heterocycles. The molecule has 0 radical (unpaired) electrons. The molecule has 0 bridgehead atoms. The average molecular weight is 494 g/mol. The van der Waals surface area contributed by atoms with Gasteiger partial charge in [-0.25, -0.2) is 4.57 Å². The predicted molar refractivity (Wildman–Crippen MR) is 157 cm³/mol. The smallest absolute Gasteiger partial charge is 0.201 e. The minimum Gasteiger partial charge on any atom is -0.201 e. The molecule has 3 aromatic rings. The van der Waals surface area contributed by atoms with Gasteiger partial charge in [0.05, 0.1) is 16.1 Å². The van der Waals surface area contributed by atoms with Crippen LogP contribution in [0, 0.1) is 19.2 Å². The molecule has 0 N–H and O–H groups in total. The highest BCUT2D eigenvalue weighted by molar-refractivity contribution is 6.90. The minimum absolute atomic E-state index is 0.0743. The summed E-state index contributed by atoms with van der Waals surface area (Å²) in [5.74, 6) is 0. The Bertz CT molecular complexity index is 1370. The monoisotopic (exact) mass is 493 g/mol. The van der Waals surface area contributed by atoms with Gasteiger partial charge in [-0.3, -0.25) is 0 Å². The zero-order valence-electron chi connectivity index (χ0n) is 28.1. The van der Waals surface area contributed by atoms with Crippen molar-refractivity contribution >= 4 is 26.5 Å². The molecular weight excluding hydrogens is 443 g/mol. The van der Waals surface area contributed by atoms with Crippen LogP contribution in [-0.2, 0) is 13.4 Å². The van der Waals surface area contributed by atoms with Crippen molar-refractivity contribution in [3.8, 4) is 22.4 Å². The average Bonchev–Trinajstić information content (AvgIpc) is 2.76. The van der Waals surface area contributed by atoms with Crippen LogP contribution in [0.5, 0.6) is 0 Å². The van der Waals surface area contributed by atoms with E-state index in [2.05, 4.69) is 82.6 Å². The molecule has 0 spiro atoms. The van der Waals surface area contributed by atoms with E-state index in [4.69, 9.17) is 6.85 Å². The molecule has 0 aliphatic carbocycles. The number of hydrogen-bond donors (Lipinski definition) is 0. The number of aromatic nitrogens is 1. The Labute approximate surface area is 218 Å². The molecule has 0 saturated carbocycles. The maximum atomic E-state index is 8.87. The maximum absolute atomic E-state index is 8.87. The van der Waals surface area contributed by atoms with Crippen molar-refractivity contribution in [3.05, 3.63) is 65.4 Å². The van der Waals surface area contributed by atoms with Gasteiger partial charge in [0, 0.05) is 24.0 Å². The lowest BCUT2D eigenvalue weighted by molar-refractivity contribution is -0.660. The molecular formula is C31H46NSi2+. The molecule has 2 aromatic carbocycles. The fourth-order valence-corrected chi connectivity index (χ4v) is 7.25. The summed E-state index contributed by atoms with van der Waals surface area (Å²) in [5, 5.41) is 2.80. The van der Waals surface area contributed by atoms with Crippen LogP contribution in [0.2, 0.25) is 39.3 Å². The standard InChI is InChI=1S/C31H46NSi2/c1-22-17-29(32(6)21-25(22)20-31(3,4)5)27-19-28(30(18-23(27)2)34(10,11)12)24-13-15-26(16-14-24)33(7,8)9/h13-19,21H,20H2,1-12H3/q+1/i1D3,20D2. The van der Waals surface area contributed by atoms with Gasteiger partial charge in [0.25, 0.3) is 0 Å². The molecule has 3 heteroatoms. The Morgan fingerprint density at radius 1 is 0.853 bits per heavy atom. The summed E-state index contributed by atoms with van der Waals surface area (Å²) in [4.78, 5) is 0. The summed E-state index contributed by atoms with van der Waals surface area (Å²) in [6.45, 7) is 19.2. The van der Waals surface area contributed by atoms with Crippen molar-refractivity contribution in [1.82, 2.24) is 0 Å². The number of rotatable bonds is 5. The van der Waals surface area contributed by atoms with Crippen LogP contribution in [0.3, 0.4) is 0 Å². The van der Waals surface area contributed by atoms with Crippen LogP contribution >= 0.6 is 0 Å². The second-order valence-corrected chi connectivity index (χ2v) is 22.9. The summed E-state index contributed by atoms with van der Waals surface area (Å²) in [5.41, 5.74) is 4.73. The number of pyridine rings is 1. The van der Waals surface area contributed by atoms with Gasteiger partial charge in [-0.15, -0.1) is 0 Å². The molecule has 0 aliphatic heterocycles. The molecule has 0 amide bonds. The number of aryl methyl sites for hydroxylation is 3. The van der Waals surface area contributed by atoms with Gasteiger partial charge in [-0.1, -0.05) is 101 Å². The molecule has 34 heavy (non-hydrogen) atoms. The van der Waals surface area contributed by atoms with Gasteiger partial charge in [0.15, 0.2) is 6.20 Å². The molecule has 1 nitrogen and oxygen atoms in total. The fraction of sp³-hybridized carbons (Fsp3) is 0.452. The van der Waals surface area contributed by atoms with Crippen molar-refractivity contribution in [2.24, 2.45) is 12.5 Å². The van der Waals surface area contributed by atoms with Crippen LogP contribution in [0.4, 0.5) is 0 Å². The lowest BCUT2D eigenvalue weighted by atomic mass is 9.86. The van der Waals surface area contributed by atoms with Gasteiger partial charge in [-0.2, -0.15) is 0 Å². The van der Waals surface area contributed by atoms with Gasteiger partial charge in [0.2, 0.25) is 5.69 Å². The Balaban J connectivity index is 2.35.